The molecule has 19 aromatic rings. The highest BCUT2D eigenvalue weighted by Crippen LogP contribution is 2.55. The summed E-state index contributed by atoms with van der Waals surface area (Å²) in [6.07, 6.45) is 6.49. The molecule has 13 nitrogen and oxygen atoms in total. The van der Waals surface area contributed by atoms with Crippen LogP contribution >= 0.6 is 0 Å². The highest BCUT2D eigenvalue weighted by atomic mass is 16.2. The molecule has 0 fully saturated rings. The number of rotatable bonds is 15. The second kappa shape index (κ2) is 19.9. The van der Waals surface area contributed by atoms with E-state index in [1.165, 1.54) is 18.3 Å². The molecule has 0 amide bonds. The van der Waals surface area contributed by atoms with Gasteiger partial charge in [-0.3, -0.25) is 56.6 Å². The van der Waals surface area contributed by atoms with E-state index in [9.17, 15) is 9.59 Å². The minimum absolute atomic E-state index is 0.314. The minimum atomic E-state index is -0.335. The van der Waals surface area contributed by atoms with Crippen molar-refractivity contribution in [3.63, 3.8) is 0 Å². The molecule has 0 spiro atoms. The first kappa shape index (κ1) is 58.0. The van der Waals surface area contributed by atoms with Crippen LogP contribution in [0.4, 0.5) is 0 Å². The summed E-state index contributed by atoms with van der Waals surface area (Å²) in [6.45, 7) is 18.9. The van der Waals surface area contributed by atoms with Crippen LogP contribution in [0.1, 0.15) is 151 Å². The van der Waals surface area contributed by atoms with Crippen molar-refractivity contribution in [3.8, 4) is 0 Å². The summed E-state index contributed by atoms with van der Waals surface area (Å²) < 4.78 is 8.31. The molecule has 0 N–H and O–H groups in total. The summed E-state index contributed by atoms with van der Waals surface area (Å²) in [7, 11) is 0. The van der Waals surface area contributed by atoms with Gasteiger partial charge in [0.15, 0.2) is 0 Å². The van der Waals surface area contributed by atoms with E-state index >= 15 is 28.8 Å². The number of nitrogens with zero attached hydrogens (tertiary/aromatic N) is 5. The molecule has 0 saturated heterocycles. The molecule has 0 aliphatic heterocycles. The van der Waals surface area contributed by atoms with Crippen LogP contribution in [0.3, 0.4) is 0 Å². The maximum Gasteiger partial charge on any atom is 0.261 e. The van der Waals surface area contributed by atoms with Crippen LogP contribution in [0, 0.1) is 0 Å². The number of pyridine rings is 4. The predicted molar refractivity (Wildman–Crippen MR) is 405 cm³/mol. The molecule has 13 heteroatoms. The van der Waals surface area contributed by atoms with E-state index in [1.807, 2.05) is 128 Å². The SMILES string of the molecule is CCCCn1c2cc3c(cc2c2cc4c(cc21)c1cc2c(=O)n(C(CC)CC)c(=O)c5ccc6c7ccc8c(=O)n(C(CC)CC)c(=O)c9cc4c(c7c89)c1c6c52)c1cc2c(=O)n(C(CC)CC)c(=O)c4ccc5c6ccc7c(=O)n(C(CC)CC)c(=O)c8cc3c(c6c78)c1c5c42. The maximum absolute atomic E-state index is 15.5. The average Bonchev–Trinajstić information content (AvgIpc) is 1.16. The van der Waals surface area contributed by atoms with E-state index in [2.05, 4.69) is 35.8 Å². The van der Waals surface area contributed by atoms with Crippen molar-refractivity contribution in [2.75, 3.05) is 0 Å². The van der Waals surface area contributed by atoms with Gasteiger partial charge >= 0.3 is 0 Å². The van der Waals surface area contributed by atoms with Gasteiger partial charge < -0.3 is 4.57 Å². The number of benzene rings is 14. The molecule has 5 heterocycles. The Morgan fingerprint density at radius 1 is 0.227 bits per heavy atom. The van der Waals surface area contributed by atoms with Crippen molar-refractivity contribution in [3.05, 3.63) is 180 Å². The van der Waals surface area contributed by atoms with Gasteiger partial charge in [-0.2, -0.15) is 0 Å². The normalized spacial score (nSPS) is 13.3. The fourth-order valence-electron chi connectivity index (χ4n) is 19.4. The Bertz CT molecular complexity index is 6810. The van der Waals surface area contributed by atoms with Crippen LogP contribution in [-0.4, -0.2) is 22.8 Å². The van der Waals surface area contributed by atoms with Gasteiger partial charge in [-0.25, -0.2) is 0 Å². The van der Waals surface area contributed by atoms with Gasteiger partial charge in [0.25, 0.3) is 44.5 Å². The lowest BCUT2D eigenvalue weighted by Crippen LogP contribution is -2.36. The molecule has 14 aromatic carbocycles. The molecular formula is C84H69N5O8. The molecule has 0 bridgehead atoms. The second-order valence-corrected chi connectivity index (χ2v) is 28.2. The Balaban J connectivity index is 1.06. The van der Waals surface area contributed by atoms with Crippen molar-refractivity contribution in [1.82, 2.24) is 22.8 Å². The van der Waals surface area contributed by atoms with Crippen molar-refractivity contribution in [2.45, 2.75) is 157 Å². The molecule has 0 aliphatic carbocycles. The van der Waals surface area contributed by atoms with E-state index in [0.717, 1.165) is 142 Å². The highest BCUT2D eigenvalue weighted by molar-refractivity contribution is 6.51. The summed E-state index contributed by atoms with van der Waals surface area (Å²) in [6, 6.07) is 31.3. The van der Waals surface area contributed by atoms with Crippen molar-refractivity contribution in [2.24, 2.45) is 0 Å². The Kier molecular flexibility index (Phi) is 11.9. The number of hydrogen-bond acceptors (Lipinski definition) is 8. The summed E-state index contributed by atoms with van der Waals surface area (Å²) in [5, 5.41) is 24.7. The van der Waals surface area contributed by atoms with E-state index in [1.54, 1.807) is 0 Å². The van der Waals surface area contributed by atoms with Crippen molar-refractivity contribution in [1.29, 1.82) is 0 Å². The van der Waals surface area contributed by atoms with Gasteiger partial charge in [-0.05, 0) is 238 Å². The molecular weight excluding hydrogens is 1210 g/mol. The smallest absolute Gasteiger partial charge is 0.261 e. The van der Waals surface area contributed by atoms with Gasteiger partial charge in [0, 0.05) is 117 Å². The van der Waals surface area contributed by atoms with Gasteiger partial charge in [0.2, 0.25) is 0 Å². The number of hydrogen-bond donors (Lipinski definition) is 0. The molecule has 97 heavy (non-hydrogen) atoms. The molecule has 0 unspecified atom stereocenters. The summed E-state index contributed by atoms with van der Waals surface area (Å²) in [4.78, 5) is 122. The first-order chi connectivity index (χ1) is 47.1. The zero-order valence-corrected chi connectivity index (χ0v) is 55.8. The van der Waals surface area contributed by atoms with E-state index in [4.69, 9.17) is 0 Å². The van der Waals surface area contributed by atoms with Crippen LogP contribution in [-0.2, 0) is 6.54 Å². The summed E-state index contributed by atoms with van der Waals surface area (Å²) in [5.41, 5.74) is -0.705. The number of aryl methyl sites for hydroxylation is 1. The summed E-state index contributed by atoms with van der Waals surface area (Å²) >= 11 is 0. The van der Waals surface area contributed by atoms with Crippen LogP contribution < -0.4 is 44.5 Å². The molecule has 19 rings (SSSR count). The first-order valence-corrected chi connectivity index (χ1v) is 35.4. The van der Waals surface area contributed by atoms with Crippen molar-refractivity contribution >= 4 is 194 Å². The van der Waals surface area contributed by atoms with E-state index < -0.39 is 0 Å². The van der Waals surface area contributed by atoms with Crippen LogP contribution in [0.5, 0.6) is 0 Å². The molecule has 5 aromatic heterocycles. The Hall–Kier alpha value is -10.4. The topological polar surface area (TPSA) is 161 Å². The molecule has 478 valence electrons. The fraction of sp³-hybridized carbons (Fsp3) is 0.286. The second-order valence-electron chi connectivity index (χ2n) is 28.2. The van der Waals surface area contributed by atoms with E-state index in [0.29, 0.717) is 123 Å². The molecule has 0 saturated carbocycles. The Morgan fingerprint density at radius 2 is 0.433 bits per heavy atom. The number of aromatic nitrogens is 5. The maximum atomic E-state index is 15.5. The third-order valence-electron chi connectivity index (χ3n) is 24.1. The minimum Gasteiger partial charge on any atom is -0.340 e. The van der Waals surface area contributed by atoms with Crippen LogP contribution in [0.2, 0.25) is 0 Å². The monoisotopic (exact) mass is 1280 g/mol. The Labute approximate surface area is 551 Å². The van der Waals surface area contributed by atoms with Gasteiger partial charge in [0.1, 0.15) is 0 Å². The standard InChI is InChI=1S/C84H69N5O8/c1-10-19-28-85-63-35-51-49(55-31-59-65-45(77(90)86(81(59)94)37(11-2)12-3)24-20-41-43-22-26-47-67-61(83(96)88(79(47)92)39(15-6)16-7)33-57(51)75(71(43)67)73(55)69(41)65)29-53(63)54-30-50-52(36-64(54)85)58-34-62-68-48(80(93)89(84(62)97)40(17-8)18-9)27-23-44-42-21-25-46-66-60(82(95)87(78(46)91)38(13-4)14-5)32-56(50)74(70(42)66)76(58)72(44)68/h20-27,29-40H,10-19,28H2,1-9H3. The molecule has 0 radical (unpaired) electrons. The number of fused-ring (bicyclic) bond motifs is 11. The lowest BCUT2D eigenvalue weighted by molar-refractivity contribution is 0.451. The third-order valence-corrected chi connectivity index (χ3v) is 24.1. The molecule has 0 aliphatic rings. The average molecular weight is 1280 g/mol. The van der Waals surface area contributed by atoms with Gasteiger partial charge in [-0.1, -0.05) is 93.0 Å². The lowest BCUT2D eigenvalue weighted by Gasteiger charge is -2.24. The predicted octanol–water partition coefficient (Wildman–Crippen LogP) is 18.1. The van der Waals surface area contributed by atoms with E-state index in [-0.39, 0.29) is 68.6 Å². The summed E-state index contributed by atoms with van der Waals surface area (Å²) in [5.74, 6) is 0. The largest absolute Gasteiger partial charge is 0.340 e. The number of unbranched alkanes of at least 4 members (excludes halogenated alkanes) is 1. The third kappa shape index (κ3) is 6.75. The highest BCUT2D eigenvalue weighted by Gasteiger charge is 2.33. The Morgan fingerprint density at radius 3 is 0.670 bits per heavy atom. The van der Waals surface area contributed by atoms with Gasteiger partial charge in [0.05, 0.1) is 0 Å². The molecule has 0 atom stereocenters. The van der Waals surface area contributed by atoms with Crippen LogP contribution in [0.15, 0.2) is 135 Å². The zero-order chi connectivity index (χ0) is 66.7. The lowest BCUT2D eigenvalue weighted by atomic mass is 9.80. The van der Waals surface area contributed by atoms with Gasteiger partial charge in [-0.15, -0.1) is 0 Å². The van der Waals surface area contributed by atoms with Crippen LogP contribution in [0.25, 0.3) is 194 Å². The fourth-order valence-corrected chi connectivity index (χ4v) is 19.4. The zero-order valence-electron chi connectivity index (χ0n) is 55.8. The quantitative estimate of drug-likeness (QED) is 0.0724. The first-order valence-electron chi connectivity index (χ1n) is 35.4. The van der Waals surface area contributed by atoms with Crippen molar-refractivity contribution < 1.29 is 0 Å².